The summed E-state index contributed by atoms with van der Waals surface area (Å²) in [5.74, 6) is -0.663. The van der Waals surface area contributed by atoms with Crippen molar-refractivity contribution < 1.29 is 22.7 Å². The zero-order valence-corrected chi connectivity index (χ0v) is 12.1. The highest BCUT2D eigenvalue weighted by Gasteiger charge is 2.34. The molecule has 0 radical (unpaired) electrons. The van der Waals surface area contributed by atoms with Crippen LogP contribution in [0.2, 0.25) is 0 Å². The first-order chi connectivity index (χ1) is 9.33. The number of carbonyl (C=O) groups is 1. The highest BCUT2D eigenvalue weighted by atomic mass is 79.9. The quantitative estimate of drug-likeness (QED) is 0.616. The number of nitrogens with zero attached hydrogens (tertiary/aromatic N) is 1. The maximum atomic E-state index is 12.9. The second kappa shape index (κ2) is 6.75. The third-order valence-electron chi connectivity index (χ3n) is 2.54. The molecule has 0 saturated carbocycles. The first-order valence-corrected chi connectivity index (χ1v) is 6.80. The molecule has 0 aromatic heterocycles. The zero-order chi connectivity index (χ0) is 15.3. The number of esters is 1. The molecule has 0 saturated heterocycles. The topological polar surface area (TPSA) is 50.1 Å². The molecule has 108 valence electrons. The van der Waals surface area contributed by atoms with Crippen molar-refractivity contribution in [2.45, 2.75) is 24.9 Å². The van der Waals surface area contributed by atoms with Gasteiger partial charge in [0.05, 0.1) is 30.2 Å². The van der Waals surface area contributed by atoms with E-state index >= 15 is 0 Å². The van der Waals surface area contributed by atoms with Gasteiger partial charge in [0.15, 0.2) is 0 Å². The summed E-state index contributed by atoms with van der Waals surface area (Å²) in [6.45, 7) is 1.73. The number of hydrogen-bond donors (Lipinski definition) is 0. The number of hydrogen-bond acceptors (Lipinski definition) is 3. The summed E-state index contributed by atoms with van der Waals surface area (Å²) >= 11 is 2.96. The molecular formula is C13H11BrF3NO2. The first kappa shape index (κ1) is 16.5. The van der Waals surface area contributed by atoms with Crippen LogP contribution in [0, 0.1) is 11.3 Å². The van der Waals surface area contributed by atoms with Crippen LogP contribution in [0.3, 0.4) is 0 Å². The lowest BCUT2D eigenvalue weighted by molar-refractivity contribution is -0.142. The van der Waals surface area contributed by atoms with E-state index in [1.807, 2.05) is 0 Å². The van der Waals surface area contributed by atoms with Crippen LogP contribution in [-0.2, 0) is 27.5 Å². The van der Waals surface area contributed by atoms with Gasteiger partial charge in [-0.15, -0.1) is 0 Å². The SMILES string of the molecule is CCOC(=O)Cc1cc(C(F)(F)F)c(CBr)cc1C#N. The average molecular weight is 350 g/mol. The lowest BCUT2D eigenvalue weighted by Gasteiger charge is -2.14. The summed E-state index contributed by atoms with van der Waals surface area (Å²) in [5, 5.41) is 8.94. The van der Waals surface area contributed by atoms with Gasteiger partial charge in [0, 0.05) is 5.33 Å². The highest BCUT2D eigenvalue weighted by Crippen LogP contribution is 2.34. The number of nitriles is 1. The van der Waals surface area contributed by atoms with Crippen LogP contribution in [-0.4, -0.2) is 12.6 Å². The van der Waals surface area contributed by atoms with Gasteiger partial charge >= 0.3 is 12.1 Å². The molecule has 0 aliphatic rings. The third kappa shape index (κ3) is 3.97. The molecule has 7 heteroatoms. The van der Waals surface area contributed by atoms with Crippen molar-refractivity contribution in [1.29, 1.82) is 5.26 Å². The summed E-state index contributed by atoms with van der Waals surface area (Å²) in [5.41, 5.74) is -0.835. The molecule has 0 amide bonds. The fourth-order valence-electron chi connectivity index (χ4n) is 1.68. The molecular weight excluding hydrogens is 339 g/mol. The van der Waals surface area contributed by atoms with E-state index in [2.05, 4.69) is 20.7 Å². The van der Waals surface area contributed by atoms with Gasteiger partial charge in [0.2, 0.25) is 0 Å². The van der Waals surface area contributed by atoms with Crippen molar-refractivity contribution in [2.75, 3.05) is 6.61 Å². The number of benzene rings is 1. The van der Waals surface area contributed by atoms with E-state index in [0.717, 1.165) is 12.1 Å². The van der Waals surface area contributed by atoms with Gasteiger partial charge in [-0.2, -0.15) is 18.4 Å². The molecule has 1 aromatic carbocycles. The van der Waals surface area contributed by atoms with Crippen LogP contribution >= 0.6 is 15.9 Å². The molecule has 0 heterocycles. The fourth-order valence-corrected chi connectivity index (χ4v) is 2.15. The van der Waals surface area contributed by atoms with E-state index in [1.165, 1.54) is 0 Å². The molecule has 0 unspecified atom stereocenters. The molecule has 1 rings (SSSR count). The summed E-state index contributed by atoms with van der Waals surface area (Å²) in [4.78, 5) is 11.4. The average Bonchev–Trinajstić information content (AvgIpc) is 2.37. The normalized spacial score (nSPS) is 11.0. The van der Waals surface area contributed by atoms with Crippen LogP contribution in [0.5, 0.6) is 0 Å². The van der Waals surface area contributed by atoms with Crippen molar-refractivity contribution in [1.82, 2.24) is 0 Å². The second-order valence-corrected chi connectivity index (χ2v) is 4.45. The predicted molar refractivity (Wildman–Crippen MR) is 69.1 cm³/mol. The molecule has 0 fully saturated rings. The van der Waals surface area contributed by atoms with Gasteiger partial charge in [0.25, 0.3) is 0 Å². The van der Waals surface area contributed by atoms with E-state index in [-0.39, 0.29) is 35.0 Å². The maximum absolute atomic E-state index is 12.9. The predicted octanol–water partition coefficient (Wildman–Crippen LogP) is 3.58. The number of ether oxygens (including phenoxy) is 1. The molecule has 0 aliphatic carbocycles. The van der Waals surface area contributed by atoms with Crippen LogP contribution in [0.15, 0.2) is 12.1 Å². The first-order valence-electron chi connectivity index (χ1n) is 5.68. The standard InChI is InChI=1S/C13H11BrF3NO2/c1-2-20-12(19)5-8-4-11(13(15,16)17)9(6-14)3-10(8)7-18/h3-4H,2,5-6H2,1H3. The van der Waals surface area contributed by atoms with E-state index < -0.39 is 17.7 Å². The van der Waals surface area contributed by atoms with Crippen molar-refractivity contribution in [3.8, 4) is 6.07 Å². The number of rotatable bonds is 4. The fraction of sp³-hybridized carbons (Fsp3) is 0.385. The summed E-state index contributed by atoms with van der Waals surface area (Å²) in [6.07, 6.45) is -4.90. The largest absolute Gasteiger partial charge is 0.466 e. The van der Waals surface area contributed by atoms with Crippen molar-refractivity contribution in [3.63, 3.8) is 0 Å². The Labute approximate surface area is 122 Å². The van der Waals surface area contributed by atoms with Gasteiger partial charge in [-0.3, -0.25) is 4.79 Å². The Bertz CT molecular complexity index is 550. The number of carbonyl (C=O) groups excluding carboxylic acids is 1. The Morgan fingerprint density at radius 1 is 1.40 bits per heavy atom. The lowest BCUT2D eigenvalue weighted by Crippen LogP contribution is -2.13. The van der Waals surface area contributed by atoms with Crippen molar-refractivity contribution in [2.24, 2.45) is 0 Å². The monoisotopic (exact) mass is 349 g/mol. The molecule has 0 N–H and O–H groups in total. The van der Waals surface area contributed by atoms with Crippen molar-refractivity contribution in [3.05, 3.63) is 34.4 Å². The molecule has 1 aromatic rings. The summed E-state index contributed by atoms with van der Waals surface area (Å²) < 4.78 is 43.4. The molecule has 0 aliphatic heterocycles. The van der Waals surface area contributed by atoms with Crippen LogP contribution in [0.4, 0.5) is 13.2 Å². The van der Waals surface area contributed by atoms with E-state index in [1.54, 1.807) is 13.0 Å². The van der Waals surface area contributed by atoms with Gasteiger partial charge in [-0.05, 0) is 30.2 Å². The van der Waals surface area contributed by atoms with Crippen LogP contribution < -0.4 is 0 Å². The highest BCUT2D eigenvalue weighted by molar-refractivity contribution is 9.08. The number of halogens is 4. The Morgan fingerprint density at radius 3 is 2.50 bits per heavy atom. The third-order valence-corrected chi connectivity index (χ3v) is 3.14. The van der Waals surface area contributed by atoms with E-state index in [9.17, 15) is 18.0 Å². The van der Waals surface area contributed by atoms with Gasteiger partial charge in [0.1, 0.15) is 0 Å². The van der Waals surface area contributed by atoms with Gasteiger partial charge in [-0.25, -0.2) is 0 Å². The smallest absolute Gasteiger partial charge is 0.416 e. The van der Waals surface area contributed by atoms with E-state index in [0.29, 0.717) is 0 Å². The Hall–Kier alpha value is -1.55. The minimum atomic E-state index is -4.54. The summed E-state index contributed by atoms with van der Waals surface area (Å²) in [6, 6.07) is 3.78. The minimum Gasteiger partial charge on any atom is -0.466 e. The second-order valence-electron chi connectivity index (χ2n) is 3.89. The summed E-state index contributed by atoms with van der Waals surface area (Å²) in [7, 11) is 0. The molecule has 20 heavy (non-hydrogen) atoms. The molecule has 0 spiro atoms. The molecule has 0 atom stereocenters. The van der Waals surface area contributed by atoms with E-state index in [4.69, 9.17) is 5.26 Å². The zero-order valence-electron chi connectivity index (χ0n) is 10.6. The Kier molecular flexibility index (Phi) is 5.57. The van der Waals surface area contributed by atoms with Crippen molar-refractivity contribution >= 4 is 21.9 Å². The Balaban J connectivity index is 3.30. The molecule has 3 nitrogen and oxygen atoms in total. The lowest BCUT2D eigenvalue weighted by atomic mass is 9.97. The number of alkyl halides is 4. The maximum Gasteiger partial charge on any atom is 0.416 e. The Morgan fingerprint density at radius 2 is 2.05 bits per heavy atom. The van der Waals surface area contributed by atoms with Crippen LogP contribution in [0.25, 0.3) is 0 Å². The van der Waals surface area contributed by atoms with Crippen LogP contribution in [0.1, 0.15) is 29.2 Å². The van der Waals surface area contributed by atoms with Gasteiger partial charge < -0.3 is 4.74 Å². The molecule has 0 bridgehead atoms. The van der Waals surface area contributed by atoms with Gasteiger partial charge in [-0.1, -0.05) is 15.9 Å². The minimum absolute atomic E-state index is 0.0166.